The lowest BCUT2D eigenvalue weighted by atomic mass is 9.78. The van der Waals surface area contributed by atoms with Crippen molar-refractivity contribution in [2.24, 2.45) is 5.92 Å². The van der Waals surface area contributed by atoms with Gasteiger partial charge in [-0.1, -0.05) is 18.9 Å². The quantitative estimate of drug-likeness (QED) is 0.814. The van der Waals surface area contributed by atoms with Crippen LogP contribution in [0.3, 0.4) is 0 Å². The van der Waals surface area contributed by atoms with E-state index in [4.69, 9.17) is 5.11 Å². The number of carbonyl (C=O) groups is 1. The molecule has 2 rings (SSSR count). The van der Waals surface area contributed by atoms with Crippen molar-refractivity contribution in [3.8, 4) is 0 Å². The summed E-state index contributed by atoms with van der Waals surface area (Å²) in [7, 11) is 0. The smallest absolute Gasteiger partial charge is 0.307 e. The van der Waals surface area contributed by atoms with Crippen LogP contribution in [0, 0.1) is 5.92 Å². The Morgan fingerprint density at radius 2 is 2.21 bits per heavy atom. The van der Waals surface area contributed by atoms with Crippen molar-refractivity contribution in [3.05, 3.63) is 22.4 Å². The number of hydrogen-bond acceptors (Lipinski definition) is 2. The summed E-state index contributed by atoms with van der Waals surface area (Å²) in [5.41, 5.74) is 0. The Balaban J connectivity index is 2.18. The van der Waals surface area contributed by atoms with Crippen LogP contribution in [0.15, 0.2) is 17.5 Å². The number of carboxylic acid groups (broad SMARTS) is 1. The summed E-state index contributed by atoms with van der Waals surface area (Å²) in [5, 5.41) is 11.1. The molecule has 1 heterocycles. The molecule has 2 atom stereocenters. The minimum atomic E-state index is -0.622. The second-order valence-electron chi connectivity index (χ2n) is 3.85. The maximum atomic E-state index is 11.1. The van der Waals surface area contributed by atoms with Crippen molar-refractivity contribution in [1.82, 2.24) is 0 Å². The fourth-order valence-electron chi connectivity index (χ4n) is 2.27. The van der Waals surface area contributed by atoms with Gasteiger partial charge in [0.25, 0.3) is 0 Å². The van der Waals surface area contributed by atoms with E-state index in [1.54, 1.807) is 11.3 Å². The number of carboxylic acids is 1. The van der Waals surface area contributed by atoms with Crippen LogP contribution in [0.1, 0.15) is 36.5 Å². The molecule has 1 saturated carbocycles. The van der Waals surface area contributed by atoms with Gasteiger partial charge in [-0.15, -0.1) is 11.3 Å². The molecule has 0 bridgehead atoms. The van der Waals surface area contributed by atoms with Crippen molar-refractivity contribution in [3.63, 3.8) is 0 Å². The molecular weight excluding hydrogens is 196 g/mol. The first-order chi connectivity index (χ1) is 6.79. The molecule has 2 unspecified atom stereocenters. The van der Waals surface area contributed by atoms with Crippen LogP contribution >= 0.6 is 11.3 Å². The lowest BCUT2D eigenvalue weighted by molar-refractivity contribution is -0.143. The maximum Gasteiger partial charge on any atom is 0.307 e. The molecule has 3 heteroatoms. The summed E-state index contributed by atoms with van der Waals surface area (Å²) >= 11 is 1.69. The Morgan fingerprint density at radius 1 is 1.43 bits per heavy atom. The van der Waals surface area contributed by atoms with Crippen LogP contribution in [0.25, 0.3) is 0 Å². The number of aliphatic carboxylic acids is 1. The highest BCUT2D eigenvalue weighted by atomic mass is 32.1. The largest absolute Gasteiger partial charge is 0.481 e. The predicted octanol–water partition coefficient (Wildman–Crippen LogP) is 3.11. The van der Waals surface area contributed by atoms with Gasteiger partial charge in [-0.05, 0) is 24.3 Å². The molecule has 76 valence electrons. The minimum Gasteiger partial charge on any atom is -0.481 e. The zero-order chi connectivity index (χ0) is 9.97. The Bertz CT molecular complexity index is 305. The molecule has 2 nitrogen and oxygen atoms in total. The average Bonchev–Trinajstić information content (AvgIpc) is 2.70. The van der Waals surface area contributed by atoms with Gasteiger partial charge in [0.05, 0.1) is 5.92 Å². The van der Waals surface area contributed by atoms with Crippen molar-refractivity contribution < 1.29 is 9.90 Å². The summed E-state index contributed by atoms with van der Waals surface area (Å²) in [6.45, 7) is 0. The highest BCUT2D eigenvalue weighted by Crippen LogP contribution is 2.39. The molecule has 0 amide bonds. The topological polar surface area (TPSA) is 37.3 Å². The van der Waals surface area contributed by atoms with E-state index in [9.17, 15) is 4.79 Å². The monoisotopic (exact) mass is 210 g/mol. The summed E-state index contributed by atoms with van der Waals surface area (Å²) in [6.07, 6.45) is 4.13. The first kappa shape index (κ1) is 9.71. The number of hydrogen-bond donors (Lipinski definition) is 1. The third-order valence-corrected chi connectivity index (χ3v) is 4.00. The fourth-order valence-corrected chi connectivity index (χ4v) is 3.20. The van der Waals surface area contributed by atoms with E-state index >= 15 is 0 Å². The van der Waals surface area contributed by atoms with Gasteiger partial charge in [-0.2, -0.15) is 0 Å². The third-order valence-electron chi connectivity index (χ3n) is 2.99. The molecule has 0 saturated heterocycles. The predicted molar refractivity (Wildman–Crippen MR) is 56.7 cm³/mol. The molecule has 1 fully saturated rings. The SMILES string of the molecule is O=C(O)C1CCCCC1c1cccs1. The van der Waals surface area contributed by atoms with E-state index in [0.29, 0.717) is 0 Å². The van der Waals surface area contributed by atoms with Crippen LogP contribution < -0.4 is 0 Å². The maximum absolute atomic E-state index is 11.1. The molecular formula is C11H14O2S. The summed E-state index contributed by atoms with van der Waals surface area (Å²) in [6, 6.07) is 4.07. The molecule has 1 N–H and O–H groups in total. The van der Waals surface area contributed by atoms with Crippen molar-refractivity contribution in [2.75, 3.05) is 0 Å². The van der Waals surface area contributed by atoms with Gasteiger partial charge in [0.2, 0.25) is 0 Å². The van der Waals surface area contributed by atoms with Crippen LogP contribution in [0.5, 0.6) is 0 Å². The van der Waals surface area contributed by atoms with Crippen molar-refractivity contribution in [2.45, 2.75) is 31.6 Å². The van der Waals surface area contributed by atoms with Gasteiger partial charge >= 0.3 is 5.97 Å². The number of thiophene rings is 1. The van der Waals surface area contributed by atoms with Gasteiger partial charge in [-0.25, -0.2) is 0 Å². The van der Waals surface area contributed by atoms with E-state index in [2.05, 4.69) is 6.07 Å². The molecule has 14 heavy (non-hydrogen) atoms. The van der Waals surface area contributed by atoms with Crippen LogP contribution in [0.4, 0.5) is 0 Å². The lowest BCUT2D eigenvalue weighted by Crippen LogP contribution is -2.24. The highest BCUT2D eigenvalue weighted by Gasteiger charge is 2.32. The van der Waals surface area contributed by atoms with Crippen molar-refractivity contribution in [1.29, 1.82) is 0 Å². The van der Waals surface area contributed by atoms with Gasteiger partial charge < -0.3 is 5.11 Å². The normalized spacial score (nSPS) is 27.4. The van der Waals surface area contributed by atoms with E-state index < -0.39 is 5.97 Å². The molecule has 1 aromatic heterocycles. The summed E-state index contributed by atoms with van der Waals surface area (Å²) in [5.74, 6) is -0.508. The number of rotatable bonds is 2. The first-order valence-electron chi connectivity index (χ1n) is 5.05. The Morgan fingerprint density at radius 3 is 2.86 bits per heavy atom. The van der Waals surface area contributed by atoms with Crippen LogP contribution in [-0.2, 0) is 4.79 Å². The van der Waals surface area contributed by atoms with Crippen molar-refractivity contribution >= 4 is 17.3 Å². The zero-order valence-electron chi connectivity index (χ0n) is 7.98. The molecule has 0 radical (unpaired) electrons. The van der Waals surface area contributed by atoms with Gasteiger partial charge in [0.1, 0.15) is 0 Å². The second kappa shape index (κ2) is 4.13. The molecule has 1 aromatic rings. The molecule has 1 aliphatic carbocycles. The summed E-state index contributed by atoms with van der Waals surface area (Å²) in [4.78, 5) is 12.3. The van der Waals surface area contributed by atoms with E-state index in [-0.39, 0.29) is 11.8 Å². The van der Waals surface area contributed by atoms with E-state index in [0.717, 1.165) is 19.3 Å². The Hall–Kier alpha value is -0.830. The highest BCUT2D eigenvalue weighted by molar-refractivity contribution is 7.10. The van der Waals surface area contributed by atoms with Gasteiger partial charge in [-0.3, -0.25) is 4.79 Å². The van der Waals surface area contributed by atoms with Crippen LogP contribution in [0.2, 0.25) is 0 Å². The Labute approximate surface area is 87.6 Å². The lowest BCUT2D eigenvalue weighted by Gasteiger charge is -2.27. The molecule has 0 aliphatic heterocycles. The average molecular weight is 210 g/mol. The second-order valence-corrected chi connectivity index (χ2v) is 4.83. The van der Waals surface area contributed by atoms with Crippen LogP contribution in [-0.4, -0.2) is 11.1 Å². The van der Waals surface area contributed by atoms with E-state index in [1.165, 1.54) is 11.3 Å². The Kier molecular flexibility index (Phi) is 2.87. The van der Waals surface area contributed by atoms with Gasteiger partial charge in [0.15, 0.2) is 0 Å². The van der Waals surface area contributed by atoms with Gasteiger partial charge in [0, 0.05) is 10.8 Å². The third kappa shape index (κ3) is 1.82. The fraction of sp³-hybridized carbons (Fsp3) is 0.545. The minimum absolute atomic E-state index is 0.151. The van der Waals surface area contributed by atoms with E-state index in [1.807, 2.05) is 11.4 Å². The standard InChI is InChI=1S/C11H14O2S/c12-11(13)9-5-2-1-4-8(9)10-6-3-7-14-10/h3,6-9H,1-2,4-5H2,(H,12,13). The zero-order valence-corrected chi connectivity index (χ0v) is 8.80. The first-order valence-corrected chi connectivity index (χ1v) is 5.93. The summed E-state index contributed by atoms with van der Waals surface area (Å²) < 4.78 is 0. The molecule has 0 aromatic carbocycles. The molecule has 1 aliphatic rings. The molecule has 0 spiro atoms.